The largest absolute Gasteiger partial charge is 0.340 e. The molecular formula is C25H26FN3O3. The number of hydrogen-bond acceptors (Lipinski definition) is 3. The van der Waals surface area contributed by atoms with Crippen LogP contribution in [0.2, 0.25) is 0 Å². The Balaban J connectivity index is 1.30. The van der Waals surface area contributed by atoms with Gasteiger partial charge in [0.15, 0.2) is 0 Å². The van der Waals surface area contributed by atoms with Crippen LogP contribution in [-0.2, 0) is 26.3 Å². The first-order valence-corrected chi connectivity index (χ1v) is 11.2. The maximum absolute atomic E-state index is 13.5. The number of carbonyl (C=O) groups excluding carboxylic acids is 3. The molecule has 2 aromatic carbocycles. The van der Waals surface area contributed by atoms with Gasteiger partial charge in [-0.15, -0.1) is 0 Å². The number of fused-ring (bicyclic) bond motifs is 1. The lowest BCUT2D eigenvalue weighted by molar-refractivity contribution is -0.156. The van der Waals surface area contributed by atoms with Gasteiger partial charge in [0.25, 0.3) is 0 Å². The molecule has 2 heterocycles. The van der Waals surface area contributed by atoms with Crippen LogP contribution in [0, 0.1) is 5.82 Å². The van der Waals surface area contributed by atoms with Crippen LogP contribution >= 0.6 is 0 Å². The van der Waals surface area contributed by atoms with Crippen molar-refractivity contribution in [2.24, 2.45) is 0 Å². The first-order chi connectivity index (χ1) is 15.5. The predicted octanol–water partition coefficient (Wildman–Crippen LogP) is 2.33. The molecule has 32 heavy (non-hydrogen) atoms. The summed E-state index contributed by atoms with van der Waals surface area (Å²) in [5, 5.41) is 0. The van der Waals surface area contributed by atoms with E-state index in [4.69, 9.17) is 0 Å². The molecule has 0 radical (unpaired) electrons. The highest BCUT2D eigenvalue weighted by Crippen LogP contribution is 2.49. The van der Waals surface area contributed by atoms with Gasteiger partial charge in [0, 0.05) is 26.2 Å². The maximum atomic E-state index is 13.5. The molecule has 0 spiro atoms. The van der Waals surface area contributed by atoms with Crippen LogP contribution < -0.4 is 0 Å². The highest BCUT2D eigenvalue weighted by Gasteiger charge is 2.53. The standard InChI is InChI=1S/C25H26FN3O3/c26-20-8-4-5-18(15-20)16-28-17-22(30)29-14-13-27(12-9-21(29)23(28)31)24(32)25(10-11-25)19-6-2-1-3-7-19/h1-8,15,21H,9-14,16-17H2. The van der Waals surface area contributed by atoms with Crippen LogP contribution in [0.3, 0.4) is 0 Å². The Bertz CT molecular complexity index is 1050. The average molecular weight is 435 g/mol. The zero-order chi connectivity index (χ0) is 22.3. The second-order valence-corrected chi connectivity index (χ2v) is 8.96. The van der Waals surface area contributed by atoms with Crippen LogP contribution in [0.1, 0.15) is 30.4 Å². The van der Waals surface area contributed by atoms with E-state index >= 15 is 0 Å². The summed E-state index contributed by atoms with van der Waals surface area (Å²) in [7, 11) is 0. The average Bonchev–Trinajstić information content (AvgIpc) is 3.62. The fourth-order valence-corrected chi connectivity index (χ4v) is 5.03. The van der Waals surface area contributed by atoms with E-state index in [0.717, 1.165) is 18.4 Å². The van der Waals surface area contributed by atoms with Gasteiger partial charge in [-0.2, -0.15) is 0 Å². The molecule has 1 unspecified atom stereocenters. The molecule has 3 aliphatic rings. The lowest BCUT2D eigenvalue weighted by Crippen LogP contribution is -2.59. The van der Waals surface area contributed by atoms with Crippen molar-refractivity contribution in [1.29, 1.82) is 0 Å². The molecule has 2 saturated heterocycles. The third-order valence-electron chi connectivity index (χ3n) is 6.94. The molecule has 0 aromatic heterocycles. The topological polar surface area (TPSA) is 60.9 Å². The Morgan fingerprint density at radius 1 is 1.00 bits per heavy atom. The molecular weight excluding hydrogens is 409 g/mol. The van der Waals surface area contributed by atoms with Gasteiger partial charge in [-0.3, -0.25) is 14.4 Å². The summed E-state index contributed by atoms with van der Waals surface area (Å²) in [5.41, 5.74) is 1.24. The molecule has 3 fully saturated rings. The summed E-state index contributed by atoms with van der Waals surface area (Å²) in [6.45, 7) is 1.42. The van der Waals surface area contributed by atoms with Crippen LogP contribution in [0.4, 0.5) is 4.39 Å². The quantitative estimate of drug-likeness (QED) is 0.741. The van der Waals surface area contributed by atoms with E-state index in [-0.39, 0.29) is 36.6 Å². The van der Waals surface area contributed by atoms with Crippen LogP contribution in [-0.4, -0.2) is 64.6 Å². The zero-order valence-corrected chi connectivity index (χ0v) is 17.9. The van der Waals surface area contributed by atoms with Gasteiger partial charge in [-0.25, -0.2) is 4.39 Å². The van der Waals surface area contributed by atoms with E-state index in [1.165, 1.54) is 17.0 Å². The molecule has 1 aliphatic carbocycles. The lowest BCUT2D eigenvalue weighted by Gasteiger charge is -2.39. The van der Waals surface area contributed by atoms with Gasteiger partial charge in [0.2, 0.25) is 17.7 Å². The van der Waals surface area contributed by atoms with Crippen molar-refractivity contribution in [3.05, 3.63) is 71.5 Å². The molecule has 1 atom stereocenters. The van der Waals surface area contributed by atoms with Crippen molar-refractivity contribution in [1.82, 2.24) is 14.7 Å². The first-order valence-electron chi connectivity index (χ1n) is 11.2. The number of rotatable bonds is 4. The van der Waals surface area contributed by atoms with Crippen LogP contribution in [0.15, 0.2) is 54.6 Å². The molecule has 1 saturated carbocycles. The second kappa shape index (κ2) is 8.04. The fraction of sp³-hybridized carbons (Fsp3) is 0.400. The molecule has 3 amide bonds. The summed E-state index contributed by atoms with van der Waals surface area (Å²) < 4.78 is 13.5. The smallest absolute Gasteiger partial charge is 0.246 e. The summed E-state index contributed by atoms with van der Waals surface area (Å²) in [6, 6.07) is 15.4. The second-order valence-electron chi connectivity index (χ2n) is 8.96. The van der Waals surface area contributed by atoms with Gasteiger partial charge in [-0.05, 0) is 42.5 Å². The molecule has 2 aromatic rings. The predicted molar refractivity (Wildman–Crippen MR) is 116 cm³/mol. The Morgan fingerprint density at radius 2 is 1.78 bits per heavy atom. The third-order valence-corrected chi connectivity index (χ3v) is 6.94. The lowest BCUT2D eigenvalue weighted by atomic mass is 9.94. The molecule has 2 aliphatic heterocycles. The summed E-state index contributed by atoms with van der Waals surface area (Å²) in [4.78, 5) is 44.4. The Hall–Kier alpha value is -3.22. The summed E-state index contributed by atoms with van der Waals surface area (Å²) in [6.07, 6.45) is 2.08. The summed E-state index contributed by atoms with van der Waals surface area (Å²) in [5.74, 6) is -0.520. The minimum atomic E-state index is -0.575. The van der Waals surface area contributed by atoms with Crippen LogP contribution in [0.5, 0.6) is 0 Å². The highest BCUT2D eigenvalue weighted by atomic mass is 19.1. The van der Waals surface area contributed by atoms with E-state index in [9.17, 15) is 18.8 Å². The maximum Gasteiger partial charge on any atom is 0.246 e. The monoisotopic (exact) mass is 435 g/mol. The number of halogens is 1. The van der Waals surface area contributed by atoms with Crippen molar-refractivity contribution >= 4 is 17.7 Å². The molecule has 7 heteroatoms. The van der Waals surface area contributed by atoms with E-state index in [2.05, 4.69) is 0 Å². The van der Waals surface area contributed by atoms with Crippen LogP contribution in [0.25, 0.3) is 0 Å². The van der Waals surface area contributed by atoms with E-state index < -0.39 is 11.5 Å². The van der Waals surface area contributed by atoms with Gasteiger partial charge >= 0.3 is 0 Å². The van der Waals surface area contributed by atoms with Crippen molar-refractivity contribution in [3.8, 4) is 0 Å². The molecule has 6 nitrogen and oxygen atoms in total. The van der Waals surface area contributed by atoms with Gasteiger partial charge in [0.05, 0.1) is 5.41 Å². The highest BCUT2D eigenvalue weighted by molar-refractivity contribution is 5.95. The number of nitrogens with zero attached hydrogens (tertiary/aromatic N) is 3. The minimum absolute atomic E-state index is 0.0201. The van der Waals surface area contributed by atoms with Gasteiger partial charge < -0.3 is 14.7 Å². The van der Waals surface area contributed by atoms with E-state index in [0.29, 0.717) is 31.6 Å². The third kappa shape index (κ3) is 3.66. The van der Waals surface area contributed by atoms with Gasteiger partial charge in [0.1, 0.15) is 18.4 Å². The number of hydrogen-bond donors (Lipinski definition) is 0. The SMILES string of the molecule is O=C1C2CCN(C(=O)C3(c4ccccc4)CC3)CCN2C(=O)CN1Cc1cccc(F)c1. The van der Waals surface area contributed by atoms with Crippen molar-refractivity contribution in [2.45, 2.75) is 37.3 Å². The van der Waals surface area contributed by atoms with Gasteiger partial charge in [-0.1, -0.05) is 42.5 Å². The number of piperazine rings is 1. The normalized spacial score (nSPS) is 22.4. The summed E-state index contributed by atoms with van der Waals surface area (Å²) >= 11 is 0. The number of amides is 3. The molecule has 0 bridgehead atoms. The van der Waals surface area contributed by atoms with E-state index in [1.807, 2.05) is 35.2 Å². The number of carbonyl (C=O) groups is 3. The molecule has 5 rings (SSSR count). The van der Waals surface area contributed by atoms with E-state index in [1.54, 1.807) is 17.0 Å². The van der Waals surface area contributed by atoms with Crippen molar-refractivity contribution in [2.75, 3.05) is 26.2 Å². The molecule has 166 valence electrons. The molecule has 0 N–H and O–H groups in total. The van der Waals surface area contributed by atoms with Crippen molar-refractivity contribution < 1.29 is 18.8 Å². The zero-order valence-electron chi connectivity index (χ0n) is 17.9. The Kier molecular flexibility index (Phi) is 5.19. The Labute approximate surface area is 186 Å². The minimum Gasteiger partial charge on any atom is -0.340 e. The van der Waals surface area contributed by atoms with Crippen molar-refractivity contribution in [3.63, 3.8) is 0 Å². The number of benzene rings is 2. The first kappa shape index (κ1) is 20.7. The fourth-order valence-electron chi connectivity index (χ4n) is 5.03. The Morgan fingerprint density at radius 3 is 2.50 bits per heavy atom.